The van der Waals surface area contributed by atoms with Crippen LogP contribution in [0.1, 0.15) is 45.4 Å². The number of hydrogen-bond donors (Lipinski definition) is 3. The van der Waals surface area contributed by atoms with Crippen molar-refractivity contribution in [2.75, 3.05) is 19.8 Å². The van der Waals surface area contributed by atoms with Crippen LogP contribution in [0.4, 0.5) is 0 Å². The number of hydrogen-bond acceptors (Lipinski definition) is 5. The molecule has 0 saturated carbocycles. The number of ether oxygens (including phenoxy) is 2. The van der Waals surface area contributed by atoms with Crippen LogP contribution in [-0.2, 0) is 9.47 Å². The van der Waals surface area contributed by atoms with E-state index >= 15 is 0 Å². The average molecular weight is 302 g/mol. The molecule has 21 heavy (non-hydrogen) atoms. The Labute approximate surface area is 127 Å². The van der Waals surface area contributed by atoms with Crippen molar-refractivity contribution in [1.82, 2.24) is 0 Å². The molecule has 1 aliphatic heterocycles. The maximum atomic E-state index is 9.94. The minimum atomic E-state index is -0.974. The van der Waals surface area contributed by atoms with E-state index in [1.165, 1.54) is 6.42 Å². The number of aliphatic hydroxyl groups excluding tert-OH is 3. The van der Waals surface area contributed by atoms with E-state index in [1.54, 1.807) is 0 Å². The molecule has 4 atom stereocenters. The predicted molar refractivity (Wildman–Crippen MR) is 81.1 cm³/mol. The lowest BCUT2D eigenvalue weighted by Crippen LogP contribution is -2.55. The Hall–Kier alpha value is -0.460. The zero-order chi connectivity index (χ0) is 15.5. The summed E-state index contributed by atoms with van der Waals surface area (Å²) in [5, 5.41) is 28.8. The molecular formula is C16H30O5. The maximum Gasteiger partial charge on any atom is 0.114 e. The van der Waals surface area contributed by atoms with Gasteiger partial charge >= 0.3 is 0 Å². The first-order chi connectivity index (χ1) is 10.2. The minimum absolute atomic E-state index is 0.0940. The predicted octanol–water partition coefficient (Wildman–Crippen LogP) is 1.40. The van der Waals surface area contributed by atoms with Gasteiger partial charge in [0.2, 0.25) is 0 Å². The highest BCUT2D eigenvalue weighted by atomic mass is 16.6. The van der Waals surface area contributed by atoms with Crippen molar-refractivity contribution < 1.29 is 24.8 Å². The highest BCUT2D eigenvalue weighted by molar-refractivity contribution is 4.87. The number of allylic oxidation sites excluding steroid dienone is 2. The fourth-order valence-electron chi connectivity index (χ4n) is 2.45. The van der Waals surface area contributed by atoms with Gasteiger partial charge in [-0.05, 0) is 25.7 Å². The highest BCUT2D eigenvalue weighted by Crippen LogP contribution is 2.19. The molecule has 1 aliphatic rings. The van der Waals surface area contributed by atoms with Crippen LogP contribution in [-0.4, -0.2) is 59.6 Å². The largest absolute Gasteiger partial charge is 0.394 e. The molecule has 0 bridgehead atoms. The van der Waals surface area contributed by atoms with Crippen LogP contribution in [0.15, 0.2) is 12.2 Å². The second-order valence-corrected chi connectivity index (χ2v) is 5.53. The SMILES string of the molecule is CC/C=C/CCCCCCO[C@@H]1[C@@H](O)[C@H](CO)OC[C@H]1O. The molecule has 3 N–H and O–H groups in total. The summed E-state index contributed by atoms with van der Waals surface area (Å²) in [6, 6.07) is 0. The zero-order valence-electron chi connectivity index (χ0n) is 13.0. The van der Waals surface area contributed by atoms with Crippen molar-refractivity contribution >= 4 is 0 Å². The fraction of sp³-hybridized carbons (Fsp3) is 0.875. The van der Waals surface area contributed by atoms with Crippen LogP contribution in [0.25, 0.3) is 0 Å². The Bertz CT molecular complexity index is 282. The molecule has 124 valence electrons. The normalized spacial score (nSPS) is 30.1. The number of unbranched alkanes of at least 4 members (excludes halogenated alkanes) is 4. The molecule has 0 aliphatic carbocycles. The Kier molecular flexibility index (Phi) is 9.87. The third kappa shape index (κ3) is 6.89. The third-order valence-corrected chi connectivity index (χ3v) is 3.74. The smallest absolute Gasteiger partial charge is 0.114 e. The van der Waals surface area contributed by atoms with Crippen LogP contribution in [0, 0.1) is 0 Å². The van der Waals surface area contributed by atoms with Gasteiger partial charge in [0.15, 0.2) is 0 Å². The van der Waals surface area contributed by atoms with Gasteiger partial charge in [0.05, 0.1) is 13.2 Å². The van der Waals surface area contributed by atoms with E-state index in [9.17, 15) is 10.2 Å². The number of aliphatic hydroxyl groups is 3. The summed E-state index contributed by atoms with van der Waals surface area (Å²) in [5.41, 5.74) is 0. The van der Waals surface area contributed by atoms with Crippen LogP contribution in [0.5, 0.6) is 0 Å². The van der Waals surface area contributed by atoms with E-state index in [4.69, 9.17) is 14.6 Å². The molecule has 0 radical (unpaired) electrons. The van der Waals surface area contributed by atoms with Crippen molar-refractivity contribution in [1.29, 1.82) is 0 Å². The topological polar surface area (TPSA) is 79.2 Å². The summed E-state index contributed by atoms with van der Waals surface area (Å²) in [4.78, 5) is 0. The first-order valence-corrected chi connectivity index (χ1v) is 8.05. The first-order valence-electron chi connectivity index (χ1n) is 8.05. The van der Waals surface area contributed by atoms with E-state index < -0.39 is 24.4 Å². The van der Waals surface area contributed by atoms with E-state index in [0.29, 0.717) is 6.61 Å². The summed E-state index contributed by atoms with van der Waals surface area (Å²) in [6.07, 6.45) is 7.85. The van der Waals surface area contributed by atoms with Gasteiger partial charge in [-0.1, -0.05) is 31.9 Å². The lowest BCUT2D eigenvalue weighted by molar-refractivity contribution is -0.210. The summed E-state index contributed by atoms with van der Waals surface area (Å²) >= 11 is 0. The molecule has 0 aromatic carbocycles. The van der Waals surface area contributed by atoms with Gasteiger partial charge in [-0.15, -0.1) is 0 Å². The van der Waals surface area contributed by atoms with Crippen LogP contribution in [0.2, 0.25) is 0 Å². The first kappa shape index (κ1) is 18.6. The molecule has 1 saturated heterocycles. The molecule has 0 aromatic heterocycles. The Morgan fingerprint density at radius 3 is 2.62 bits per heavy atom. The summed E-state index contributed by atoms with van der Waals surface area (Å²) in [5.74, 6) is 0. The van der Waals surface area contributed by atoms with Crippen LogP contribution >= 0.6 is 0 Å². The molecule has 0 amide bonds. The molecular weight excluding hydrogens is 272 g/mol. The average Bonchev–Trinajstić information content (AvgIpc) is 2.48. The Morgan fingerprint density at radius 2 is 1.90 bits per heavy atom. The van der Waals surface area contributed by atoms with E-state index in [-0.39, 0.29) is 13.2 Å². The van der Waals surface area contributed by atoms with E-state index in [0.717, 1.165) is 32.1 Å². The second-order valence-electron chi connectivity index (χ2n) is 5.53. The molecule has 0 spiro atoms. The standard InChI is InChI=1S/C16H30O5/c1-2-3-4-5-6-7-8-9-10-20-16-13(18)12-21-14(11-17)15(16)19/h3-4,13-19H,2,5-12H2,1H3/b4-3+/t13-,14+,15+,16+/m1/s1. The molecule has 5 nitrogen and oxygen atoms in total. The van der Waals surface area contributed by atoms with Crippen LogP contribution < -0.4 is 0 Å². The Morgan fingerprint density at radius 1 is 1.14 bits per heavy atom. The lowest BCUT2D eigenvalue weighted by atomic mass is 10.0. The summed E-state index contributed by atoms with van der Waals surface area (Å²) < 4.78 is 10.7. The van der Waals surface area contributed by atoms with Crippen molar-refractivity contribution in [3.8, 4) is 0 Å². The molecule has 0 unspecified atom stereocenters. The van der Waals surface area contributed by atoms with Crippen molar-refractivity contribution in [2.45, 2.75) is 69.9 Å². The van der Waals surface area contributed by atoms with Gasteiger partial charge in [-0.2, -0.15) is 0 Å². The zero-order valence-corrected chi connectivity index (χ0v) is 13.0. The lowest BCUT2D eigenvalue weighted by Gasteiger charge is -2.37. The fourth-order valence-corrected chi connectivity index (χ4v) is 2.45. The van der Waals surface area contributed by atoms with E-state index in [1.807, 2.05) is 0 Å². The molecule has 1 heterocycles. The minimum Gasteiger partial charge on any atom is -0.394 e. The quantitative estimate of drug-likeness (QED) is 0.420. The molecule has 0 aromatic rings. The Balaban J connectivity index is 2.09. The second kappa shape index (κ2) is 11.2. The summed E-state index contributed by atoms with van der Waals surface area (Å²) in [7, 11) is 0. The van der Waals surface area contributed by atoms with Crippen molar-refractivity contribution in [2.24, 2.45) is 0 Å². The monoisotopic (exact) mass is 302 g/mol. The number of rotatable bonds is 10. The van der Waals surface area contributed by atoms with Gasteiger partial charge in [-0.3, -0.25) is 0 Å². The third-order valence-electron chi connectivity index (χ3n) is 3.74. The van der Waals surface area contributed by atoms with Crippen molar-refractivity contribution in [3.05, 3.63) is 12.2 Å². The molecule has 5 heteroatoms. The maximum absolute atomic E-state index is 9.94. The van der Waals surface area contributed by atoms with Crippen LogP contribution in [0.3, 0.4) is 0 Å². The van der Waals surface area contributed by atoms with Crippen molar-refractivity contribution in [3.63, 3.8) is 0 Å². The van der Waals surface area contributed by atoms with Gasteiger partial charge < -0.3 is 24.8 Å². The van der Waals surface area contributed by atoms with Gasteiger partial charge in [0.1, 0.15) is 24.4 Å². The van der Waals surface area contributed by atoms with E-state index in [2.05, 4.69) is 19.1 Å². The van der Waals surface area contributed by atoms with Gasteiger partial charge in [0.25, 0.3) is 0 Å². The highest BCUT2D eigenvalue weighted by Gasteiger charge is 2.38. The molecule has 1 rings (SSSR count). The summed E-state index contributed by atoms with van der Waals surface area (Å²) in [6.45, 7) is 2.48. The molecule has 1 fully saturated rings. The van der Waals surface area contributed by atoms with Gasteiger partial charge in [0, 0.05) is 6.61 Å². The van der Waals surface area contributed by atoms with Gasteiger partial charge in [-0.25, -0.2) is 0 Å².